The smallest absolute Gasteiger partial charge is 0.251 e. The van der Waals surface area contributed by atoms with Crippen molar-refractivity contribution in [3.8, 4) is 5.75 Å². The first-order valence-electron chi connectivity index (χ1n) is 9.47. The summed E-state index contributed by atoms with van der Waals surface area (Å²) >= 11 is 0. The molecule has 150 valence electrons. The topological polar surface area (TPSA) is 65.4 Å². The number of halogens is 1. The van der Waals surface area contributed by atoms with E-state index in [1.807, 2.05) is 29.1 Å². The molecule has 0 fully saturated rings. The van der Waals surface area contributed by atoms with E-state index in [0.717, 1.165) is 23.7 Å². The number of nitrogens with zero attached hydrogens (tertiary/aromatic N) is 2. The van der Waals surface area contributed by atoms with Crippen molar-refractivity contribution in [1.82, 2.24) is 15.1 Å². The number of amides is 1. The fourth-order valence-corrected chi connectivity index (χ4v) is 3.43. The van der Waals surface area contributed by atoms with Crippen molar-refractivity contribution in [2.45, 2.75) is 19.1 Å². The average Bonchev–Trinajstić information content (AvgIpc) is 3.15. The fraction of sp³-hybridized carbons (Fsp3) is 0.273. The molecule has 1 aliphatic rings. The lowest BCUT2D eigenvalue weighted by Gasteiger charge is -2.22. The van der Waals surface area contributed by atoms with Crippen molar-refractivity contribution in [3.05, 3.63) is 82.9 Å². The quantitative estimate of drug-likeness (QED) is 0.697. The van der Waals surface area contributed by atoms with Crippen LogP contribution in [0.3, 0.4) is 0 Å². The molecule has 1 atom stereocenters. The zero-order chi connectivity index (χ0) is 20.2. The van der Waals surface area contributed by atoms with E-state index in [0.29, 0.717) is 13.2 Å². The molecular weight excluding hydrogens is 373 g/mol. The predicted molar refractivity (Wildman–Crippen MR) is 105 cm³/mol. The molecule has 0 radical (unpaired) electrons. The molecular formula is C22H22FN3O3. The van der Waals surface area contributed by atoms with Gasteiger partial charge in [0.1, 0.15) is 6.10 Å². The Hall–Kier alpha value is -3.19. The van der Waals surface area contributed by atoms with Crippen molar-refractivity contribution in [1.29, 1.82) is 0 Å². The normalized spacial score (nSPS) is 15.6. The molecule has 0 aliphatic carbocycles. The van der Waals surface area contributed by atoms with Gasteiger partial charge in [-0.2, -0.15) is 5.10 Å². The second kappa shape index (κ2) is 8.45. The molecule has 29 heavy (non-hydrogen) atoms. The maximum atomic E-state index is 13.8. The fourth-order valence-electron chi connectivity index (χ4n) is 3.43. The lowest BCUT2D eigenvalue weighted by Crippen LogP contribution is -2.32. The highest BCUT2D eigenvalue weighted by atomic mass is 19.1. The highest BCUT2D eigenvalue weighted by Gasteiger charge is 2.25. The number of fused-ring (bicyclic) bond motifs is 1. The molecule has 0 bridgehead atoms. The van der Waals surface area contributed by atoms with E-state index in [1.165, 1.54) is 24.8 Å². The molecule has 4 rings (SSSR count). The van der Waals surface area contributed by atoms with Gasteiger partial charge in [-0.3, -0.25) is 9.48 Å². The van der Waals surface area contributed by atoms with Crippen molar-refractivity contribution in [2.75, 3.05) is 20.3 Å². The summed E-state index contributed by atoms with van der Waals surface area (Å²) in [5, 5.41) is 7.49. The van der Waals surface area contributed by atoms with Gasteiger partial charge >= 0.3 is 0 Å². The number of rotatable bonds is 6. The first-order valence-corrected chi connectivity index (χ1v) is 9.47. The zero-order valence-corrected chi connectivity index (χ0v) is 16.1. The van der Waals surface area contributed by atoms with Crippen LogP contribution in [0.1, 0.15) is 33.3 Å². The Kier molecular flexibility index (Phi) is 5.57. The first-order chi connectivity index (χ1) is 14.1. The van der Waals surface area contributed by atoms with Crippen LogP contribution in [0, 0.1) is 5.82 Å². The number of carbonyl (C=O) groups excluding carboxylic acids is 1. The van der Waals surface area contributed by atoms with Crippen molar-refractivity contribution in [3.63, 3.8) is 0 Å². The summed E-state index contributed by atoms with van der Waals surface area (Å²) in [7, 11) is 1.38. The van der Waals surface area contributed by atoms with Crippen molar-refractivity contribution < 1.29 is 18.7 Å². The minimum atomic E-state index is -0.573. The number of methoxy groups -OCH3 is 1. The Morgan fingerprint density at radius 1 is 1.31 bits per heavy atom. The number of ether oxygens (including phenoxy) is 2. The minimum absolute atomic E-state index is 0.103. The summed E-state index contributed by atoms with van der Waals surface area (Å²) in [5.74, 6) is -0.840. The van der Waals surface area contributed by atoms with E-state index in [4.69, 9.17) is 9.47 Å². The monoisotopic (exact) mass is 395 g/mol. The summed E-state index contributed by atoms with van der Waals surface area (Å²) in [6, 6.07) is 14.2. The molecule has 1 unspecified atom stereocenters. The molecule has 1 amide bonds. The largest absolute Gasteiger partial charge is 0.494 e. The summed E-state index contributed by atoms with van der Waals surface area (Å²) in [5.41, 5.74) is 3.36. The highest BCUT2D eigenvalue weighted by Crippen LogP contribution is 2.26. The lowest BCUT2D eigenvalue weighted by atomic mass is 10.1. The van der Waals surface area contributed by atoms with Gasteiger partial charge in [0, 0.05) is 18.3 Å². The summed E-state index contributed by atoms with van der Waals surface area (Å²) in [6.07, 6.45) is 2.50. The number of hydrogen-bond acceptors (Lipinski definition) is 4. The standard InChI is InChI=1S/C22H22FN3O3/c1-28-19-8-7-16(11-18(19)23)22(27)24-12-20-21-17(9-10-29-20)14-26(25-21)13-15-5-3-2-4-6-15/h2-8,11,14,20H,9-10,12-13H2,1H3,(H,24,27). The molecule has 1 aromatic heterocycles. The summed E-state index contributed by atoms with van der Waals surface area (Å²) < 4.78 is 26.5. The van der Waals surface area contributed by atoms with Gasteiger partial charge in [0.15, 0.2) is 11.6 Å². The van der Waals surface area contributed by atoms with Crippen LogP contribution in [0.4, 0.5) is 4.39 Å². The van der Waals surface area contributed by atoms with Gasteiger partial charge in [-0.15, -0.1) is 0 Å². The van der Waals surface area contributed by atoms with Gasteiger partial charge in [0.25, 0.3) is 5.91 Å². The number of nitrogens with one attached hydrogen (secondary N) is 1. The second-order valence-electron chi connectivity index (χ2n) is 6.89. The highest BCUT2D eigenvalue weighted by molar-refractivity contribution is 5.94. The molecule has 2 heterocycles. The third-order valence-corrected chi connectivity index (χ3v) is 4.91. The van der Waals surface area contributed by atoms with E-state index in [-0.39, 0.29) is 29.9 Å². The van der Waals surface area contributed by atoms with Gasteiger partial charge in [0.05, 0.1) is 26.0 Å². The molecule has 0 spiro atoms. The van der Waals surface area contributed by atoms with Crippen LogP contribution < -0.4 is 10.1 Å². The SMILES string of the molecule is COc1ccc(C(=O)NCC2OCCc3cn(Cc4ccccc4)nc32)cc1F. The number of benzene rings is 2. The van der Waals surface area contributed by atoms with Gasteiger partial charge in [-0.1, -0.05) is 30.3 Å². The third kappa shape index (κ3) is 4.30. The molecule has 7 heteroatoms. The first kappa shape index (κ1) is 19.1. The van der Waals surface area contributed by atoms with E-state index in [2.05, 4.69) is 22.5 Å². The van der Waals surface area contributed by atoms with Crippen molar-refractivity contribution in [2.24, 2.45) is 0 Å². The molecule has 1 N–H and O–H groups in total. The Bertz CT molecular complexity index is 1000. The molecule has 0 saturated carbocycles. The van der Waals surface area contributed by atoms with Gasteiger partial charge < -0.3 is 14.8 Å². The zero-order valence-electron chi connectivity index (χ0n) is 16.1. The molecule has 6 nitrogen and oxygen atoms in total. The second-order valence-corrected chi connectivity index (χ2v) is 6.89. The maximum Gasteiger partial charge on any atom is 0.251 e. The number of hydrogen-bond donors (Lipinski definition) is 1. The van der Waals surface area contributed by atoms with E-state index < -0.39 is 5.82 Å². The lowest BCUT2D eigenvalue weighted by molar-refractivity contribution is 0.0383. The minimum Gasteiger partial charge on any atom is -0.494 e. The van der Waals surface area contributed by atoms with Crippen LogP contribution in [0.2, 0.25) is 0 Å². The summed E-state index contributed by atoms with van der Waals surface area (Å²) in [6.45, 7) is 1.52. The Morgan fingerprint density at radius 2 is 2.14 bits per heavy atom. The predicted octanol–water partition coefficient (Wildman–Crippen LogP) is 3.12. The molecule has 1 aliphatic heterocycles. The molecule has 3 aromatic rings. The van der Waals surface area contributed by atoms with Gasteiger partial charge in [0.2, 0.25) is 0 Å². The Morgan fingerprint density at radius 3 is 2.90 bits per heavy atom. The van der Waals surface area contributed by atoms with E-state index in [9.17, 15) is 9.18 Å². The van der Waals surface area contributed by atoms with Crippen LogP contribution in [0.25, 0.3) is 0 Å². The third-order valence-electron chi connectivity index (χ3n) is 4.91. The van der Waals surface area contributed by atoms with Crippen LogP contribution in [0.5, 0.6) is 5.75 Å². The maximum absolute atomic E-state index is 13.8. The van der Waals surface area contributed by atoms with Gasteiger partial charge in [-0.05, 0) is 35.7 Å². The van der Waals surface area contributed by atoms with E-state index in [1.54, 1.807) is 0 Å². The van der Waals surface area contributed by atoms with Crippen molar-refractivity contribution >= 4 is 5.91 Å². The Labute approximate surface area is 168 Å². The number of carbonyl (C=O) groups is 1. The van der Waals surface area contributed by atoms with Crippen LogP contribution >= 0.6 is 0 Å². The Balaban J connectivity index is 1.43. The van der Waals surface area contributed by atoms with Crippen LogP contribution in [-0.4, -0.2) is 35.9 Å². The van der Waals surface area contributed by atoms with Crippen LogP contribution in [-0.2, 0) is 17.7 Å². The number of aromatic nitrogens is 2. The van der Waals surface area contributed by atoms with Gasteiger partial charge in [-0.25, -0.2) is 4.39 Å². The molecule has 2 aromatic carbocycles. The average molecular weight is 395 g/mol. The van der Waals surface area contributed by atoms with Crippen LogP contribution in [0.15, 0.2) is 54.7 Å². The van der Waals surface area contributed by atoms with E-state index >= 15 is 0 Å². The molecule has 0 saturated heterocycles. The summed E-state index contributed by atoms with van der Waals surface area (Å²) in [4.78, 5) is 12.4.